The van der Waals surface area contributed by atoms with Crippen molar-refractivity contribution < 1.29 is 4.39 Å². The van der Waals surface area contributed by atoms with Gasteiger partial charge in [-0.1, -0.05) is 0 Å². The zero-order valence-electron chi connectivity index (χ0n) is 8.84. The summed E-state index contributed by atoms with van der Waals surface area (Å²) in [6, 6.07) is 7.59. The van der Waals surface area contributed by atoms with E-state index < -0.39 is 5.67 Å². The third-order valence-electron chi connectivity index (χ3n) is 2.39. The van der Waals surface area contributed by atoms with E-state index >= 15 is 0 Å². The van der Waals surface area contributed by atoms with Gasteiger partial charge in [0.25, 0.3) is 0 Å². The molecule has 0 aliphatic heterocycles. The zero-order valence-corrected chi connectivity index (χ0v) is 11.8. The van der Waals surface area contributed by atoms with Crippen LogP contribution in [0.25, 0.3) is 10.1 Å². The number of halogens is 2. The van der Waals surface area contributed by atoms with Crippen LogP contribution in [0.3, 0.4) is 0 Å². The van der Waals surface area contributed by atoms with E-state index in [9.17, 15) is 4.39 Å². The maximum Gasteiger partial charge on any atom is 0.130 e. The van der Waals surface area contributed by atoms with Crippen molar-refractivity contribution in [3.63, 3.8) is 0 Å². The third kappa shape index (κ3) is 2.06. The lowest BCUT2D eigenvalue weighted by atomic mass is 9.97. The second kappa shape index (κ2) is 3.97. The molecule has 0 saturated carbocycles. The minimum absolute atomic E-state index is 0.561. The number of hydrogen-bond donors (Lipinski definition) is 0. The van der Waals surface area contributed by atoms with Crippen LogP contribution in [0.5, 0.6) is 0 Å². The highest BCUT2D eigenvalue weighted by Gasteiger charge is 2.21. The van der Waals surface area contributed by atoms with Crippen LogP contribution in [-0.4, -0.2) is 0 Å². The summed E-state index contributed by atoms with van der Waals surface area (Å²) < 4.78 is 15.9. The van der Waals surface area contributed by atoms with Gasteiger partial charge in [0.15, 0.2) is 0 Å². The van der Waals surface area contributed by atoms with Gasteiger partial charge in [0.2, 0.25) is 0 Å². The molecule has 1 heterocycles. The minimum Gasteiger partial charge on any atom is -0.239 e. The second-order valence-electron chi connectivity index (χ2n) is 4.08. The largest absolute Gasteiger partial charge is 0.239 e. The van der Waals surface area contributed by atoms with Crippen LogP contribution in [0.1, 0.15) is 25.0 Å². The molecule has 1 aromatic carbocycles. The van der Waals surface area contributed by atoms with Crippen LogP contribution in [0, 0.1) is 14.2 Å². The average Bonchev–Trinajstić information content (AvgIpc) is 2.54. The molecular weight excluding hydrogens is 336 g/mol. The highest BCUT2D eigenvalue weighted by Crippen LogP contribution is 2.34. The first-order valence-corrected chi connectivity index (χ1v) is 6.64. The molecule has 2 rings (SSSR count). The Bertz CT molecular complexity index is 589. The molecule has 0 bridgehead atoms. The molecule has 0 aliphatic carbocycles. The molecule has 2 aromatic rings. The van der Waals surface area contributed by atoms with Crippen molar-refractivity contribution in [3.8, 4) is 6.07 Å². The fraction of sp³-hybridized carbons (Fsp3) is 0.250. The number of fused-ring (bicyclic) bond motifs is 1. The summed E-state index contributed by atoms with van der Waals surface area (Å²) in [6.07, 6.45) is 0. The summed E-state index contributed by atoms with van der Waals surface area (Å²) in [5, 5.41) is 10.0. The topological polar surface area (TPSA) is 23.8 Å². The lowest BCUT2D eigenvalue weighted by Gasteiger charge is -2.15. The van der Waals surface area contributed by atoms with E-state index in [0.717, 1.165) is 13.0 Å². The van der Waals surface area contributed by atoms with E-state index in [1.165, 1.54) is 13.8 Å². The van der Waals surface area contributed by atoms with E-state index in [2.05, 4.69) is 28.7 Å². The smallest absolute Gasteiger partial charge is 0.130 e. The van der Waals surface area contributed by atoms with E-state index in [4.69, 9.17) is 5.26 Å². The molecular formula is C12H9FINS. The van der Waals surface area contributed by atoms with Gasteiger partial charge in [0.1, 0.15) is 11.7 Å². The molecule has 0 atom stereocenters. The SMILES string of the molecule is CC(C)(F)c1cc(C#N)c2sc(I)cc2c1. The van der Waals surface area contributed by atoms with Crippen LogP contribution >= 0.6 is 33.9 Å². The van der Waals surface area contributed by atoms with Gasteiger partial charge in [-0.2, -0.15) is 5.26 Å². The number of hydrogen-bond acceptors (Lipinski definition) is 2. The van der Waals surface area contributed by atoms with E-state index in [1.54, 1.807) is 17.4 Å². The van der Waals surface area contributed by atoms with Gasteiger partial charge in [0, 0.05) is 0 Å². The molecule has 0 saturated heterocycles. The molecule has 0 aliphatic rings. The fourth-order valence-corrected chi connectivity index (χ4v) is 3.38. The fourth-order valence-electron chi connectivity index (χ4n) is 1.55. The quantitative estimate of drug-likeness (QED) is 0.694. The van der Waals surface area contributed by atoms with Crippen LogP contribution in [0.15, 0.2) is 18.2 Å². The maximum absolute atomic E-state index is 13.9. The molecule has 0 N–H and O–H groups in total. The normalized spacial score (nSPS) is 11.7. The first kappa shape index (κ1) is 11.8. The first-order chi connectivity index (χ1) is 7.41. The molecule has 16 heavy (non-hydrogen) atoms. The van der Waals surface area contributed by atoms with Crippen molar-refractivity contribution in [2.45, 2.75) is 19.5 Å². The Hall–Kier alpha value is -0.670. The Morgan fingerprint density at radius 2 is 2.06 bits per heavy atom. The first-order valence-electron chi connectivity index (χ1n) is 4.74. The van der Waals surface area contributed by atoms with Crippen molar-refractivity contribution in [1.82, 2.24) is 0 Å². The van der Waals surface area contributed by atoms with Crippen molar-refractivity contribution >= 4 is 44.0 Å². The summed E-state index contributed by atoms with van der Waals surface area (Å²) in [4.78, 5) is 0. The number of nitrogens with zero attached hydrogens (tertiary/aromatic N) is 1. The molecule has 0 fully saturated rings. The summed E-state index contributed by atoms with van der Waals surface area (Å²) in [6.45, 7) is 3.01. The van der Waals surface area contributed by atoms with Gasteiger partial charge < -0.3 is 0 Å². The van der Waals surface area contributed by atoms with E-state index in [1.807, 2.05) is 12.1 Å². The maximum atomic E-state index is 13.9. The molecule has 4 heteroatoms. The predicted octanol–water partition coefficient (Wildman–Crippen LogP) is 4.58. The van der Waals surface area contributed by atoms with Crippen LogP contribution in [0.4, 0.5) is 4.39 Å². The van der Waals surface area contributed by atoms with Gasteiger partial charge in [0.05, 0.1) is 13.1 Å². The minimum atomic E-state index is -1.41. The monoisotopic (exact) mass is 345 g/mol. The third-order valence-corrected chi connectivity index (χ3v) is 4.34. The zero-order chi connectivity index (χ0) is 11.9. The van der Waals surface area contributed by atoms with Crippen LogP contribution in [0.2, 0.25) is 0 Å². The Labute approximate surface area is 111 Å². The Kier molecular flexibility index (Phi) is 2.93. The highest BCUT2D eigenvalue weighted by molar-refractivity contribution is 14.1. The molecule has 0 radical (unpaired) electrons. The molecule has 82 valence electrons. The van der Waals surface area contributed by atoms with Crippen LogP contribution < -0.4 is 0 Å². The molecule has 0 amide bonds. The van der Waals surface area contributed by atoms with E-state index in [-0.39, 0.29) is 0 Å². The summed E-state index contributed by atoms with van der Waals surface area (Å²) >= 11 is 3.78. The van der Waals surface area contributed by atoms with Gasteiger partial charge >= 0.3 is 0 Å². The highest BCUT2D eigenvalue weighted by atomic mass is 127. The number of thiophene rings is 1. The van der Waals surface area contributed by atoms with Crippen molar-refractivity contribution in [1.29, 1.82) is 5.26 Å². The van der Waals surface area contributed by atoms with E-state index in [0.29, 0.717) is 11.1 Å². The van der Waals surface area contributed by atoms with Crippen molar-refractivity contribution in [2.75, 3.05) is 0 Å². The number of rotatable bonds is 1. The number of benzene rings is 1. The number of nitriles is 1. The Morgan fingerprint density at radius 3 is 2.62 bits per heavy atom. The lowest BCUT2D eigenvalue weighted by Crippen LogP contribution is -2.08. The van der Waals surface area contributed by atoms with Crippen molar-refractivity contribution in [2.24, 2.45) is 0 Å². The van der Waals surface area contributed by atoms with Gasteiger partial charge in [-0.05, 0) is 65.6 Å². The summed E-state index contributed by atoms with van der Waals surface area (Å²) in [5.41, 5.74) is -0.287. The van der Waals surface area contributed by atoms with Crippen LogP contribution in [-0.2, 0) is 5.67 Å². The molecule has 1 aromatic heterocycles. The average molecular weight is 345 g/mol. The second-order valence-corrected chi connectivity index (χ2v) is 7.02. The Balaban J connectivity index is 2.79. The molecule has 0 unspecified atom stereocenters. The summed E-state index contributed by atoms with van der Waals surface area (Å²) in [5.74, 6) is 0. The predicted molar refractivity (Wildman–Crippen MR) is 73.4 cm³/mol. The summed E-state index contributed by atoms with van der Waals surface area (Å²) in [7, 11) is 0. The van der Waals surface area contributed by atoms with Gasteiger partial charge in [-0.25, -0.2) is 4.39 Å². The van der Waals surface area contributed by atoms with Gasteiger partial charge in [-0.3, -0.25) is 0 Å². The van der Waals surface area contributed by atoms with Crippen molar-refractivity contribution in [3.05, 3.63) is 32.2 Å². The van der Waals surface area contributed by atoms with Gasteiger partial charge in [-0.15, -0.1) is 11.3 Å². The Morgan fingerprint density at radius 1 is 1.38 bits per heavy atom. The molecule has 0 spiro atoms. The molecule has 1 nitrogen and oxygen atoms in total. The lowest BCUT2D eigenvalue weighted by molar-refractivity contribution is 0.221. The number of alkyl halides is 1. The standard InChI is InChI=1S/C12H9FINS/c1-12(2,13)9-3-7-5-10(14)16-11(7)8(4-9)6-15/h3-5H,1-2H3.